The minimum atomic E-state index is -0.246. The Labute approximate surface area is 186 Å². The number of anilines is 1. The molecular formula is C22H29ClN6O2. The fourth-order valence-corrected chi connectivity index (χ4v) is 3.69. The lowest BCUT2D eigenvalue weighted by Crippen LogP contribution is -2.32. The molecule has 0 radical (unpaired) electrons. The van der Waals surface area contributed by atoms with Gasteiger partial charge in [0.1, 0.15) is 17.8 Å². The van der Waals surface area contributed by atoms with Gasteiger partial charge in [0.25, 0.3) is 0 Å². The maximum absolute atomic E-state index is 12.6. The molecule has 0 saturated heterocycles. The second-order valence-corrected chi connectivity index (χ2v) is 7.79. The summed E-state index contributed by atoms with van der Waals surface area (Å²) in [5.74, 6) is 0.793. The fraction of sp³-hybridized carbons (Fsp3) is 0.409. The third-order valence-electron chi connectivity index (χ3n) is 5.12. The molecule has 3 rings (SSSR count). The van der Waals surface area contributed by atoms with Crippen LogP contribution in [0.15, 0.2) is 42.9 Å². The topological polar surface area (TPSA) is 120 Å². The molecule has 0 spiro atoms. The van der Waals surface area contributed by atoms with Crippen molar-refractivity contribution in [2.24, 2.45) is 5.73 Å². The number of nitrogens with zero attached hydrogens (tertiary/aromatic N) is 3. The highest BCUT2D eigenvalue weighted by molar-refractivity contribution is 6.30. The highest BCUT2D eigenvalue weighted by Crippen LogP contribution is 2.23. The largest absolute Gasteiger partial charge is 0.396 e. The van der Waals surface area contributed by atoms with E-state index in [9.17, 15) is 9.90 Å². The van der Waals surface area contributed by atoms with Gasteiger partial charge < -0.3 is 26.0 Å². The van der Waals surface area contributed by atoms with Gasteiger partial charge in [-0.05, 0) is 49.6 Å². The van der Waals surface area contributed by atoms with Gasteiger partial charge in [-0.25, -0.2) is 9.97 Å². The van der Waals surface area contributed by atoms with Crippen LogP contribution in [0.2, 0.25) is 5.02 Å². The van der Waals surface area contributed by atoms with E-state index in [1.165, 1.54) is 0 Å². The first-order chi connectivity index (χ1) is 15.1. The van der Waals surface area contributed by atoms with Crippen LogP contribution in [0, 0.1) is 0 Å². The predicted octanol–water partition coefficient (Wildman–Crippen LogP) is 2.79. The molecule has 0 aliphatic carbocycles. The molecule has 0 aliphatic rings. The fourth-order valence-electron chi connectivity index (χ4n) is 3.56. The van der Waals surface area contributed by atoms with Crippen molar-refractivity contribution in [2.45, 2.75) is 31.7 Å². The molecule has 3 aromatic rings. The van der Waals surface area contributed by atoms with Crippen LogP contribution < -0.4 is 16.0 Å². The van der Waals surface area contributed by atoms with Crippen molar-refractivity contribution in [1.82, 2.24) is 20.3 Å². The molecule has 1 atom stereocenters. The Morgan fingerprint density at radius 1 is 1.19 bits per heavy atom. The number of nitrogens with one attached hydrogen (secondary N) is 2. The van der Waals surface area contributed by atoms with Crippen molar-refractivity contribution in [1.29, 1.82) is 0 Å². The number of carbonyl (C=O) groups excluding carboxylic acids is 1. The van der Waals surface area contributed by atoms with E-state index in [1.807, 2.05) is 24.4 Å². The van der Waals surface area contributed by atoms with Crippen molar-refractivity contribution in [3.05, 3.63) is 53.4 Å². The Hall–Kier alpha value is -2.68. The van der Waals surface area contributed by atoms with Crippen LogP contribution in [-0.4, -0.2) is 52.2 Å². The first-order valence-corrected chi connectivity index (χ1v) is 10.9. The number of halogens is 1. The molecule has 166 valence electrons. The molecule has 31 heavy (non-hydrogen) atoms. The molecule has 8 nitrogen and oxygen atoms in total. The van der Waals surface area contributed by atoms with Crippen LogP contribution >= 0.6 is 11.6 Å². The van der Waals surface area contributed by atoms with E-state index in [0.29, 0.717) is 37.4 Å². The van der Waals surface area contributed by atoms with Gasteiger partial charge >= 0.3 is 0 Å². The van der Waals surface area contributed by atoms with E-state index in [2.05, 4.69) is 25.2 Å². The predicted molar refractivity (Wildman–Crippen MR) is 123 cm³/mol. The lowest BCUT2D eigenvalue weighted by Gasteiger charge is -2.24. The second-order valence-electron chi connectivity index (χ2n) is 7.35. The zero-order valence-electron chi connectivity index (χ0n) is 17.4. The minimum absolute atomic E-state index is 0.0131. The zero-order valence-corrected chi connectivity index (χ0v) is 18.2. The first-order valence-electron chi connectivity index (χ1n) is 10.5. The third kappa shape index (κ3) is 6.40. The SMILES string of the molecule is NCCCN(CCCC(=O)N[C@@H](CCO)c1ccc(Cl)cc1)c1ncnc2[nH]ccc12. The number of nitrogens with two attached hydrogens (primary N) is 1. The molecule has 0 bridgehead atoms. The number of aliphatic hydroxyl groups is 1. The number of rotatable bonds is 12. The quantitative estimate of drug-likeness (QED) is 0.341. The number of hydrogen-bond donors (Lipinski definition) is 4. The smallest absolute Gasteiger partial charge is 0.220 e. The van der Waals surface area contributed by atoms with Crippen molar-refractivity contribution in [2.75, 3.05) is 31.1 Å². The molecule has 1 aromatic carbocycles. The number of amides is 1. The normalized spacial score (nSPS) is 12.1. The average Bonchev–Trinajstić information content (AvgIpc) is 3.25. The number of aromatic nitrogens is 3. The molecule has 2 heterocycles. The molecule has 0 aliphatic heterocycles. The summed E-state index contributed by atoms with van der Waals surface area (Å²) in [5.41, 5.74) is 7.42. The monoisotopic (exact) mass is 444 g/mol. The summed E-state index contributed by atoms with van der Waals surface area (Å²) < 4.78 is 0. The van der Waals surface area contributed by atoms with Crippen LogP contribution in [-0.2, 0) is 4.79 Å². The van der Waals surface area contributed by atoms with Crippen LogP contribution in [0.4, 0.5) is 5.82 Å². The van der Waals surface area contributed by atoms with Crippen molar-refractivity contribution in [3.8, 4) is 0 Å². The van der Waals surface area contributed by atoms with Gasteiger partial charge in [0.05, 0.1) is 11.4 Å². The molecule has 5 N–H and O–H groups in total. The maximum atomic E-state index is 12.6. The Kier molecular flexibility index (Phi) is 8.63. The summed E-state index contributed by atoms with van der Waals surface area (Å²) in [6.07, 6.45) is 5.70. The zero-order chi connectivity index (χ0) is 22.1. The second kappa shape index (κ2) is 11.6. The molecule has 0 unspecified atom stereocenters. The summed E-state index contributed by atoms with van der Waals surface area (Å²) >= 11 is 5.95. The van der Waals surface area contributed by atoms with E-state index in [0.717, 1.165) is 35.4 Å². The number of carbonyl (C=O) groups is 1. The van der Waals surface area contributed by atoms with Crippen LogP contribution in [0.5, 0.6) is 0 Å². The molecular weight excluding hydrogens is 416 g/mol. The van der Waals surface area contributed by atoms with Gasteiger partial charge in [-0.3, -0.25) is 4.79 Å². The standard InChI is InChI=1S/C22H29ClN6O2/c23-17-6-4-16(5-7-17)19(9-14-30)28-20(31)3-1-12-29(13-2-10-24)22-18-8-11-25-21(18)26-15-27-22/h4-8,11,15,19,30H,1-3,9-10,12-14,24H2,(H,28,31)(H,25,26,27)/t19-/m0/s1. The van der Waals surface area contributed by atoms with Gasteiger partial charge in [-0.2, -0.15) is 0 Å². The van der Waals surface area contributed by atoms with Gasteiger partial charge in [0.15, 0.2) is 0 Å². The van der Waals surface area contributed by atoms with E-state index in [-0.39, 0.29) is 18.6 Å². The van der Waals surface area contributed by atoms with Crippen LogP contribution in [0.3, 0.4) is 0 Å². The number of aliphatic hydroxyl groups excluding tert-OH is 1. The molecule has 0 fully saturated rings. The van der Waals surface area contributed by atoms with Crippen molar-refractivity contribution >= 4 is 34.4 Å². The molecule has 1 amide bonds. The van der Waals surface area contributed by atoms with Crippen LogP contribution in [0.1, 0.15) is 37.3 Å². The Morgan fingerprint density at radius 3 is 2.71 bits per heavy atom. The Bertz CT molecular complexity index is 962. The highest BCUT2D eigenvalue weighted by Gasteiger charge is 2.16. The van der Waals surface area contributed by atoms with Crippen LogP contribution in [0.25, 0.3) is 11.0 Å². The molecule has 9 heteroatoms. The van der Waals surface area contributed by atoms with Crippen molar-refractivity contribution < 1.29 is 9.90 Å². The summed E-state index contributed by atoms with van der Waals surface area (Å²) in [7, 11) is 0. The summed E-state index contributed by atoms with van der Waals surface area (Å²) in [4.78, 5) is 26.6. The Balaban J connectivity index is 1.59. The first kappa shape index (κ1) is 23.0. The number of aromatic amines is 1. The third-order valence-corrected chi connectivity index (χ3v) is 5.37. The summed E-state index contributed by atoms with van der Waals surface area (Å²) in [6.45, 7) is 2.01. The lowest BCUT2D eigenvalue weighted by molar-refractivity contribution is -0.122. The van der Waals surface area contributed by atoms with E-state index < -0.39 is 0 Å². The maximum Gasteiger partial charge on any atom is 0.220 e. The van der Waals surface area contributed by atoms with E-state index >= 15 is 0 Å². The number of fused-ring (bicyclic) bond motifs is 1. The Morgan fingerprint density at radius 2 is 1.97 bits per heavy atom. The lowest BCUT2D eigenvalue weighted by atomic mass is 10.0. The summed E-state index contributed by atoms with van der Waals surface area (Å²) in [5, 5.41) is 14.0. The van der Waals surface area contributed by atoms with Gasteiger partial charge in [0.2, 0.25) is 5.91 Å². The highest BCUT2D eigenvalue weighted by atomic mass is 35.5. The summed E-state index contributed by atoms with van der Waals surface area (Å²) in [6, 6.07) is 9.02. The van der Waals surface area contributed by atoms with Gasteiger partial charge in [-0.1, -0.05) is 23.7 Å². The van der Waals surface area contributed by atoms with E-state index in [1.54, 1.807) is 18.5 Å². The molecule has 2 aromatic heterocycles. The van der Waals surface area contributed by atoms with E-state index in [4.69, 9.17) is 17.3 Å². The minimum Gasteiger partial charge on any atom is -0.396 e. The number of benzene rings is 1. The van der Waals surface area contributed by atoms with Gasteiger partial charge in [-0.15, -0.1) is 0 Å². The number of hydrogen-bond acceptors (Lipinski definition) is 6. The molecule has 0 saturated carbocycles. The van der Waals surface area contributed by atoms with Gasteiger partial charge in [0, 0.05) is 37.3 Å². The number of H-pyrrole nitrogens is 1. The average molecular weight is 445 g/mol. The van der Waals surface area contributed by atoms with Crippen molar-refractivity contribution in [3.63, 3.8) is 0 Å².